The molecule has 2 aliphatic heterocycles. The van der Waals surface area contributed by atoms with Crippen LogP contribution in [0.3, 0.4) is 0 Å². The second-order valence-corrected chi connectivity index (χ2v) is 4.86. The highest BCUT2D eigenvalue weighted by molar-refractivity contribution is 6.19. The smallest absolute Gasteiger partial charge is 0.0880 e. The van der Waals surface area contributed by atoms with Crippen LogP contribution < -0.4 is 0 Å². The molecule has 1 fully saturated rings. The summed E-state index contributed by atoms with van der Waals surface area (Å²) in [6.45, 7) is 0. The zero-order chi connectivity index (χ0) is 10.4. The van der Waals surface area contributed by atoms with Gasteiger partial charge in [0.2, 0.25) is 0 Å². The molecule has 2 heterocycles. The summed E-state index contributed by atoms with van der Waals surface area (Å²) < 4.78 is 5.98. The van der Waals surface area contributed by atoms with Crippen molar-refractivity contribution in [3.8, 4) is 0 Å². The van der Waals surface area contributed by atoms with Gasteiger partial charge in [0, 0.05) is 23.6 Å². The lowest BCUT2D eigenvalue weighted by Crippen LogP contribution is -2.24. The summed E-state index contributed by atoms with van der Waals surface area (Å²) >= 11 is 12.0. The highest BCUT2D eigenvalue weighted by Crippen LogP contribution is 2.57. The zero-order valence-corrected chi connectivity index (χ0v) is 9.71. The predicted octanol–water partition coefficient (Wildman–Crippen LogP) is 3.52. The van der Waals surface area contributed by atoms with Gasteiger partial charge in [0.1, 0.15) is 0 Å². The van der Waals surface area contributed by atoms with Crippen LogP contribution >= 0.6 is 23.2 Å². The van der Waals surface area contributed by atoms with Gasteiger partial charge in [-0.1, -0.05) is 24.3 Å². The van der Waals surface area contributed by atoms with Gasteiger partial charge in [-0.25, -0.2) is 0 Å². The maximum Gasteiger partial charge on any atom is 0.0880 e. The number of benzene rings is 1. The monoisotopic (exact) mass is 242 g/mol. The maximum absolute atomic E-state index is 6.00. The summed E-state index contributed by atoms with van der Waals surface area (Å²) in [5.41, 5.74) is 2.63. The van der Waals surface area contributed by atoms with Crippen molar-refractivity contribution in [1.82, 2.24) is 0 Å². The lowest BCUT2D eigenvalue weighted by molar-refractivity contribution is 0.0568. The van der Waals surface area contributed by atoms with Gasteiger partial charge in [-0.2, -0.15) is 0 Å². The van der Waals surface area contributed by atoms with Crippen LogP contribution in [-0.4, -0.2) is 11.8 Å². The maximum atomic E-state index is 6.00. The highest BCUT2D eigenvalue weighted by Gasteiger charge is 2.51. The van der Waals surface area contributed by atoms with Crippen molar-refractivity contribution >= 4 is 23.2 Å². The van der Waals surface area contributed by atoms with Crippen molar-refractivity contribution in [3.63, 3.8) is 0 Å². The van der Waals surface area contributed by atoms with Crippen LogP contribution in [0.25, 0.3) is 0 Å². The van der Waals surface area contributed by atoms with Crippen molar-refractivity contribution in [1.29, 1.82) is 0 Å². The van der Waals surface area contributed by atoms with E-state index < -0.39 is 0 Å². The lowest BCUT2D eigenvalue weighted by atomic mass is 9.78. The molecule has 1 aromatic rings. The van der Waals surface area contributed by atoms with E-state index in [4.69, 9.17) is 27.9 Å². The SMILES string of the molecule is ClC[C@@H]1[C@@H](CCl)[C@H]2O[C@H]1c1ccccc12. The molecule has 0 saturated carbocycles. The molecule has 2 bridgehead atoms. The Kier molecular flexibility index (Phi) is 2.42. The van der Waals surface area contributed by atoms with Gasteiger partial charge in [0.15, 0.2) is 0 Å². The van der Waals surface area contributed by atoms with E-state index in [1.54, 1.807) is 0 Å². The second kappa shape index (κ2) is 3.65. The van der Waals surface area contributed by atoms with E-state index in [0.29, 0.717) is 23.6 Å². The molecule has 1 saturated heterocycles. The van der Waals surface area contributed by atoms with E-state index >= 15 is 0 Å². The van der Waals surface area contributed by atoms with Gasteiger partial charge >= 0.3 is 0 Å². The number of fused-ring (bicyclic) bond motifs is 5. The summed E-state index contributed by atoms with van der Waals surface area (Å²) in [6, 6.07) is 8.40. The average Bonchev–Trinajstić information content (AvgIpc) is 2.84. The molecule has 0 unspecified atom stereocenters. The van der Waals surface area contributed by atoms with Crippen LogP contribution in [0, 0.1) is 11.8 Å². The fourth-order valence-electron chi connectivity index (χ4n) is 2.84. The Hall–Kier alpha value is -0.240. The molecular formula is C12H12Cl2O. The van der Waals surface area contributed by atoms with E-state index in [1.165, 1.54) is 11.1 Å². The van der Waals surface area contributed by atoms with E-state index in [-0.39, 0.29) is 12.2 Å². The van der Waals surface area contributed by atoms with Crippen LogP contribution in [0.1, 0.15) is 23.3 Å². The molecule has 2 aliphatic rings. The third kappa shape index (κ3) is 1.27. The van der Waals surface area contributed by atoms with E-state index in [1.807, 2.05) is 0 Å². The summed E-state index contributed by atoms with van der Waals surface area (Å²) in [5.74, 6) is 2.02. The Balaban J connectivity index is 2.05. The van der Waals surface area contributed by atoms with Crippen LogP contribution in [-0.2, 0) is 4.74 Å². The van der Waals surface area contributed by atoms with Gasteiger partial charge in [-0.3, -0.25) is 0 Å². The van der Waals surface area contributed by atoms with Gasteiger partial charge in [0.05, 0.1) is 12.2 Å². The summed E-state index contributed by atoms with van der Waals surface area (Å²) in [5, 5.41) is 0. The minimum atomic E-state index is 0.174. The van der Waals surface area contributed by atoms with Gasteiger partial charge in [-0.05, 0) is 11.1 Å². The number of alkyl halides is 2. The molecule has 15 heavy (non-hydrogen) atoms. The van der Waals surface area contributed by atoms with Gasteiger partial charge < -0.3 is 4.74 Å². The predicted molar refractivity (Wildman–Crippen MR) is 61.4 cm³/mol. The zero-order valence-electron chi connectivity index (χ0n) is 8.20. The molecule has 0 amide bonds. The van der Waals surface area contributed by atoms with Crippen molar-refractivity contribution in [2.24, 2.45) is 11.8 Å². The number of hydrogen-bond acceptors (Lipinski definition) is 1. The first-order valence-corrected chi connectivity index (χ1v) is 6.30. The summed E-state index contributed by atoms with van der Waals surface area (Å²) in [7, 11) is 0. The summed E-state index contributed by atoms with van der Waals surface area (Å²) in [6.07, 6.45) is 0.347. The Morgan fingerprint density at radius 1 is 0.933 bits per heavy atom. The van der Waals surface area contributed by atoms with Crippen LogP contribution in [0.2, 0.25) is 0 Å². The fraction of sp³-hybridized carbons (Fsp3) is 0.500. The first kappa shape index (κ1) is 9.95. The molecule has 0 aliphatic carbocycles. The third-order valence-electron chi connectivity index (χ3n) is 3.59. The van der Waals surface area contributed by atoms with Crippen LogP contribution in [0.4, 0.5) is 0 Å². The van der Waals surface area contributed by atoms with E-state index in [0.717, 1.165) is 0 Å². The second-order valence-electron chi connectivity index (χ2n) is 4.24. The van der Waals surface area contributed by atoms with Gasteiger partial charge in [-0.15, -0.1) is 23.2 Å². The standard InChI is InChI=1S/C12H12Cl2O/c13-5-9-10(6-14)12-8-4-2-1-3-7(8)11(9)15-12/h1-4,9-12H,5-6H2/t9-,10-,11+,12+/m1/s1. The van der Waals surface area contributed by atoms with Crippen molar-refractivity contribution in [3.05, 3.63) is 35.4 Å². The first-order chi connectivity index (χ1) is 7.36. The molecule has 0 spiro atoms. The molecular weight excluding hydrogens is 231 g/mol. The van der Waals surface area contributed by atoms with Crippen molar-refractivity contribution in [2.75, 3.05) is 11.8 Å². The summed E-state index contributed by atoms with van der Waals surface area (Å²) in [4.78, 5) is 0. The lowest BCUT2D eigenvalue weighted by Gasteiger charge is -2.26. The number of ether oxygens (including phenoxy) is 1. The number of hydrogen-bond donors (Lipinski definition) is 0. The first-order valence-electron chi connectivity index (χ1n) is 5.23. The fourth-order valence-corrected chi connectivity index (χ4v) is 3.62. The Labute approximate surface area is 99.3 Å². The molecule has 80 valence electrons. The quantitative estimate of drug-likeness (QED) is 0.722. The molecule has 0 aromatic heterocycles. The highest BCUT2D eigenvalue weighted by atomic mass is 35.5. The van der Waals surface area contributed by atoms with Crippen molar-refractivity contribution in [2.45, 2.75) is 12.2 Å². The molecule has 0 radical (unpaired) electrons. The third-order valence-corrected chi connectivity index (χ3v) is 4.30. The molecule has 0 N–H and O–H groups in total. The molecule has 1 nitrogen and oxygen atoms in total. The topological polar surface area (TPSA) is 9.23 Å². The van der Waals surface area contributed by atoms with Crippen LogP contribution in [0.15, 0.2) is 24.3 Å². The molecule has 4 atom stereocenters. The van der Waals surface area contributed by atoms with Crippen LogP contribution in [0.5, 0.6) is 0 Å². The van der Waals surface area contributed by atoms with E-state index in [9.17, 15) is 0 Å². The minimum absolute atomic E-state index is 0.174. The largest absolute Gasteiger partial charge is 0.365 e. The van der Waals surface area contributed by atoms with Gasteiger partial charge in [0.25, 0.3) is 0 Å². The number of halogens is 2. The van der Waals surface area contributed by atoms with Crippen molar-refractivity contribution < 1.29 is 4.74 Å². The minimum Gasteiger partial charge on any atom is -0.365 e. The Bertz CT molecular complexity index is 345. The molecule has 3 rings (SSSR count). The Morgan fingerprint density at radius 3 is 1.80 bits per heavy atom. The Morgan fingerprint density at radius 2 is 1.40 bits per heavy atom. The molecule has 1 aromatic carbocycles. The normalized spacial score (nSPS) is 36.9. The average molecular weight is 243 g/mol. The molecule has 3 heteroatoms. The number of rotatable bonds is 2. The van der Waals surface area contributed by atoms with E-state index in [2.05, 4.69) is 24.3 Å².